The predicted octanol–water partition coefficient (Wildman–Crippen LogP) is -1.45. The summed E-state index contributed by atoms with van der Waals surface area (Å²) >= 11 is 0. The van der Waals surface area contributed by atoms with Crippen LogP contribution in [0.3, 0.4) is 0 Å². The quantitative estimate of drug-likeness (QED) is 0.493. The lowest BCUT2D eigenvalue weighted by atomic mass is 9.98. The molecule has 1 aliphatic rings. The number of aromatic amines is 1. The molecule has 0 amide bonds. The molecule has 0 bridgehead atoms. The molecule has 0 spiro atoms. The van der Waals surface area contributed by atoms with Crippen LogP contribution in [0.25, 0.3) is 0 Å². The van der Waals surface area contributed by atoms with Gasteiger partial charge >= 0.3 is 5.69 Å². The van der Waals surface area contributed by atoms with Gasteiger partial charge < -0.3 is 20.1 Å². The fourth-order valence-corrected chi connectivity index (χ4v) is 2.13. The number of ether oxygens (including phenoxy) is 1. The van der Waals surface area contributed by atoms with Gasteiger partial charge in [-0.05, 0) is 20.8 Å². The number of aromatic nitrogens is 2. The Hall–Kier alpha value is -1.92. The smallest absolute Gasteiger partial charge is 0.330 e. The molecule has 1 saturated heterocycles. The van der Waals surface area contributed by atoms with E-state index in [0.29, 0.717) is 0 Å². The molecule has 126 valence electrons. The van der Waals surface area contributed by atoms with Crippen molar-refractivity contribution in [3.8, 4) is 11.8 Å². The topological polar surface area (TPSA) is 125 Å². The maximum Gasteiger partial charge on any atom is 0.330 e. The predicted molar refractivity (Wildman–Crippen MR) is 80.7 cm³/mol. The third kappa shape index (κ3) is 3.71. The molecule has 2 rings (SSSR count). The van der Waals surface area contributed by atoms with Gasteiger partial charge in [0.15, 0.2) is 6.23 Å². The SMILES string of the molecule is CC(C)(C)C#Cc1cn([C@@H]2O[C@H](CO)[C@@H](O)[C@@H]2O)c(=O)[nH]c1=O. The molecule has 2 heterocycles. The van der Waals surface area contributed by atoms with Crippen LogP contribution in [0.5, 0.6) is 0 Å². The van der Waals surface area contributed by atoms with Gasteiger partial charge in [-0.1, -0.05) is 11.8 Å². The second kappa shape index (κ2) is 6.29. The van der Waals surface area contributed by atoms with Crippen molar-refractivity contribution in [3.05, 3.63) is 32.6 Å². The summed E-state index contributed by atoms with van der Waals surface area (Å²) in [5.41, 5.74) is -1.74. The number of hydrogen-bond acceptors (Lipinski definition) is 6. The van der Waals surface area contributed by atoms with E-state index in [1.165, 1.54) is 6.20 Å². The van der Waals surface area contributed by atoms with E-state index in [9.17, 15) is 19.8 Å². The first-order valence-electron chi connectivity index (χ1n) is 7.15. The van der Waals surface area contributed by atoms with Gasteiger partial charge in [-0.2, -0.15) is 0 Å². The van der Waals surface area contributed by atoms with Crippen LogP contribution in [0, 0.1) is 17.3 Å². The second-order valence-electron chi connectivity index (χ2n) is 6.44. The van der Waals surface area contributed by atoms with Gasteiger partial charge in [0.2, 0.25) is 0 Å². The first kappa shape index (κ1) is 17.4. The third-order valence-electron chi connectivity index (χ3n) is 3.33. The highest BCUT2D eigenvalue weighted by atomic mass is 16.6. The van der Waals surface area contributed by atoms with Gasteiger partial charge in [0, 0.05) is 11.6 Å². The number of aliphatic hydroxyl groups is 3. The van der Waals surface area contributed by atoms with Crippen LogP contribution < -0.4 is 11.2 Å². The lowest BCUT2D eigenvalue weighted by molar-refractivity contribution is -0.0550. The van der Waals surface area contributed by atoms with Crippen LogP contribution in [0.1, 0.15) is 32.6 Å². The van der Waals surface area contributed by atoms with Gasteiger partial charge in [-0.15, -0.1) is 0 Å². The summed E-state index contributed by atoms with van der Waals surface area (Å²) in [6, 6.07) is 0. The molecule has 1 aliphatic heterocycles. The molecule has 8 heteroatoms. The highest BCUT2D eigenvalue weighted by Gasteiger charge is 2.43. The molecule has 0 aliphatic carbocycles. The van der Waals surface area contributed by atoms with Crippen LogP contribution in [0.4, 0.5) is 0 Å². The van der Waals surface area contributed by atoms with Crippen LogP contribution in [0.2, 0.25) is 0 Å². The number of H-pyrrole nitrogens is 1. The van der Waals surface area contributed by atoms with Crippen LogP contribution in [-0.4, -0.2) is 49.8 Å². The number of aliphatic hydroxyl groups excluding tert-OH is 3. The Balaban J connectivity index is 2.46. The molecule has 4 N–H and O–H groups in total. The van der Waals surface area contributed by atoms with E-state index in [4.69, 9.17) is 9.84 Å². The first-order chi connectivity index (χ1) is 10.6. The molecule has 1 fully saturated rings. The minimum atomic E-state index is -1.42. The normalized spacial score (nSPS) is 27.6. The number of hydrogen-bond donors (Lipinski definition) is 4. The molecule has 0 radical (unpaired) electrons. The zero-order chi connectivity index (χ0) is 17.4. The Morgan fingerprint density at radius 1 is 1.30 bits per heavy atom. The van der Waals surface area contributed by atoms with E-state index < -0.39 is 42.4 Å². The molecular weight excluding hydrogens is 304 g/mol. The molecule has 0 unspecified atom stereocenters. The molecule has 4 atom stereocenters. The standard InChI is InChI=1S/C15H20N2O6/c1-15(2,3)5-4-8-6-17(14(22)16-12(8)21)13-11(20)10(19)9(7-18)23-13/h6,9-11,13,18-20H,7H2,1-3H3,(H,16,21,22)/t9-,10-,11+,13-/m1/s1. The van der Waals surface area contributed by atoms with Crippen LogP contribution >= 0.6 is 0 Å². The van der Waals surface area contributed by atoms with Crippen molar-refractivity contribution in [2.45, 2.75) is 45.3 Å². The molecular formula is C15H20N2O6. The van der Waals surface area contributed by atoms with Crippen molar-refractivity contribution >= 4 is 0 Å². The Bertz CT molecular complexity index is 748. The maximum absolute atomic E-state index is 12.0. The highest BCUT2D eigenvalue weighted by Crippen LogP contribution is 2.27. The van der Waals surface area contributed by atoms with E-state index in [1.807, 2.05) is 20.8 Å². The van der Waals surface area contributed by atoms with Crippen LogP contribution in [0.15, 0.2) is 15.8 Å². The summed E-state index contributed by atoms with van der Waals surface area (Å²) in [4.78, 5) is 25.9. The molecule has 0 aromatic carbocycles. The number of nitrogens with zero attached hydrogens (tertiary/aromatic N) is 1. The van der Waals surface area contributed by atoms with Crippen molar-refractivity contribution in [1.82, 2.24) is 9.55 Å². The summed E-state index contributed by atoms with van der Waals surface area (Å²) in [5.74, 6) is 5.57. The van der Waals surface area contributed by atoms with E-state index >= 15 is 0 Å². The maximum atomic E-state index is 12.0. The van der Waals surface area contributed by atoms with E-state index in [1.54, 1.807) is 0 Å². The van der Waals surface area contributed by atoms with Crippen molar-refractivity contribution in [1.29, 1.82) is 0 Å². The van der Waals surface area contributed by atoms with E-state index in [2.05, 4.69) is 16.8 Å². The molecule has 0 saturated carbocycles. The van der Waals surface area contributed by atoms with Crippen molar-refractivity contribution in [2.24, 2.45) is 5.41 Å². The van der Waals surface area contributed by atoms with Gasteiger partial charge in [0.25, 0.3) is 5.56 Å². The largest absolute Gasteiger partial charge is 0.394 e. The van der Waals surface area contributed by atoms with Gasteiger partial charge in [0.05, 0.1) is 6.61 Å². The fraction of sp³-hybridized carbons (Fsp3) is 0.600. The van der Waals surface area contributed by atoms with Gasteiger partial charge in [-0.3, -0.25) is 14.3 Å². The first-order valence-corrected chi connectivity index (χ1v) is 7.15. The summed E-state index contributed by atoms with van der Waals surface area (Å²) in [7, 11) is 0. The zero-order valence-corrected chi connectivity index (χ0v) is 13.1. The monoisotopic (exact) mass is 324 g/mol. The number of rotatable bonds is 2. The minimum absolute atomic E-state index is 0.0391. The lowest BCUT2D eigenvalue weighted by Gasteiger charge is -2.17. The molecule has 1 aromatic heterocycles. The Labute approximate surface area is 132 Å². The molecule has 1 aromatic rings. The zero-order valence-electron chi connectivity index (χ0n) is 13.1. The second-order valence-corrected chi connectivity index (χ2v) is 6.44. The summed E-state index contributed by atoms with van der Waals surface area (Å²) < 4.78 is 6.24. The summed E-state index contributed by atoms with van der Waals surface area (Å²) in [6.07, 6.45) is -3.81. The lowest BCUT2D eigenvalue weighted by Crippen LogP contribution is -2.38. The minimum Gasteiger partial charge on any atom is -0.394 e. The van der Waals surface area contributed by atoms with Crippen LogP contribution in [-0.2, 0) is 4.74 Å². The Morgan fingerprint density at radius 3 is 2.48 bits per heavy atom. The van der Waals surface area contributed by atoms with Gasteiger partial charge in [-0.25, -0.2) is 4.79 Å². The Kier molecular flexibility index (Phi) is 4.77. The summed E-state index contributed by atoms with van der Waals surface area (Å²) in [6.45, 7) is 5.10. The fourth-order valence-electron chi connectivity index (χ4n) is 2.13. The van der Waals surface area contributed by atoms with Crippen molar-refractivity contribution in [3.63, 3.8) is 0 Å². The Morgan fingerprint density at radius 2 is 1.96 bits per heavy atom. The highest BCUT2D eigenvalue weighted by molar-refractivity contribution is 5.31. The molecule has 8 nitrogen and oxygen atoms in total. The third-order valence-corrected chi connectivity index (χ3v) is 3.33. The summed E-state index contributed by atoms with van der Waals surface area (Å²) in [5, 5.41) is 28.8. The van der Waals surface area contributed by atoms with Gasteiger partial charge in [0.1, 0.15) is 23.9 Å². The van der Waals surface area contributed by atoms with Crippen molar-refractivity contribution in [2.75, 3.05) is 6.61 Å². The average molecular weight is 324 g/mol. The van der Waals surface area contributed by atoms with Crippen molar-refractivity contribution < 1.29 is 20.1 Å². The van der Waals surface area contributed by atoms with E-state index in [-0.39, 0.29) is 11.0 Å². The number of nitrogens with one attached hydrogen (secondary N) is 1. The van der Waals surface area contributed by atoms with E-state index in [0.717, 1.165) is 4.57 Å². The average Bonchev–Trinajstić information content (AvgIpc) is 2.73. The molecule has 23 heavy (non-hydrogen) atoms.